The van der Waals surface area contributed by atoms with E-state index < -0.39 is 29.2 Å². The third-order valence-corrected chi connectivity index (χ3v) is 4.58. The van der Waals surface area contributed by atoms with Gasteiger partial charge in [-0.15, -0.1) is 0 Å². The Balaban J connectivity index is 1.78. The number of carbonyl (C=O) groups is 2. The summed E-state index contributed by atoms with van der Waals surface area (Å²) in [5.74, 6) is -1.96. The maximum absolute atomic E-state index is 13.0. The van der Waals surface area contributed by atoms with Crippen LogP contribution in [0.3, 0.4) is 0 Å². The third kappa shape index (κ3) is 5.93. The number of ether oxygens (including phenoxy) is 1. The summed E-state index contributed by atoms with van der Waals surface area (Å²) in [6.07, 6.45) is -3.31. The van der Waals surface area contributed by atoms with Crippen molar-refractivity contribution >= 4 is 11.9 Å². The molecule has 0 aliphatic carbocycles. The summed E-state index contributed by atoms with van der Waals surface area (Å²) in [6, 6.07) is 10.2. The number of hydrogen-bond donors (Lipinski definition) is 2. The number of aromatic carboxylic acids is 1. The minimum atomic E-state index is -4.55. The Kier molecular flexibility index (Phi) is 6.96. The number of carbonyl (C=O) groups excluding carboxylic acids is 1. The average Bonchev–Trinajstić information content (AvgIpc) is 3.18. The fraction of sp³-hybridized carbons (Fsp3) is 0.261. The summed E-state index contributed by atoms with van der Waals surface area (Å²) in [6.45, 7) is 5.31. The van der Waals surface area contributed by atoms with E-state index in [1.54, 1.807) is 20.8 Å². The summed E-state index contributed by atoms with van der Waals surface area (Å²) in [5, 5.41) is 13.1. The number of hydrogen-bond acceptors (Lipinski definition) is 5. The van der Waals surface area contributed by atoms with Gasteiger partial charge in [-0.05, 0) is 56.7 Å². The van der Waals surface area contributed by atoms with Gasteiger partial charge in [0, 0.05) is 0 Å². The second kappa shape index (κ2) is 9.56. The highest BCUT2D eigenvalue weighted by Crippen LogP contribution is 2.34. The summed E-state index contributed by atoms with van der Waals surface area (Å²) < 4.78 is 46.1. The molecule has 0 saturated carbocycles. The first-order valence-corrected chi connectivity index (χ1v) is 10.0. The molecule has 180 valence electrons. The Morgan fingerprint density at radius 1 is 1.09 bits per heavy atom. The van der Waals surface area contributed by atoms with Crippen LogP contribution in [-0.4, -0.2) is 26.8 Å². The van der Waals surface area contributed by atoms with E-state index in [0.29, 0.717) is 5.56 Å². The van der Waals surface area contributed by atoms with E-state index in [1.807, 2.05) is 0 Å². The summed E-state index contributed by atoms with van der Waals surface area (Å²) in [4.78, 5) is 29.1. The lowest BCUT2D eigenvalue weighted by Crippen LogP contribution is -2.32. The number of nitrogens with zero attached hydrogens (tertiary/aromatic N) is 2. The van der Waals surface area contributed by atoms with Crippen molar-refractivity contribution in [1.29, 1.82) is 0 Å². The van der Waals surface area contributed by atoms with Gasteiger partial charge in [-0.25, -0.2) is 10.3 Å². The van der Waals surface area contributed by atoms with Crippen LogP contribution in [0.2, 0.25) is 0 Å². The van der Waals surface area contributed by atoms with Crippen molar-refractivity contribution in [3.8, 4) is 11.5 Å². The first-order valence-electron chi connectivity index (χ1n) is 10.0. The first-order chi connectivity index (χ1) is 15.9. The highest BCUT2D eigenvalue weighted by molar-refractivity contribution is 5.94. The van der Waals surface area contributed by atoms with E-state index in [0.717, 1.165) is 12.1 Å². The molecular formula is C23H22F3N3O5. The van der Waals surface area contributed by atoms with Gasteiger partial charge in [-0.3, -0.25) is 14.3 Å². The van der Waals surface area contributed by atoms with Crippen molar-refractivity contribution < 1.29 is 37.4 Å². The van der Waals surface area contributed by atoms with Gasteiger partial charge in [0.1, 0.15) is 5.75 Å². The maximum Gasteiger partial charge on any atom is 0.416 e. The van der Waals surface area contributed by atoms with E-state index in [1.165, 1.54) is 47.3 Å². The number of hydroxylamine groups is 1. The van der Waals surface area contributed by atoms with E-state index in [-0.39, 0.29) is 29.4 Å². The van der Waals surface area contributed by atoms with Crippen molar-refractivity contribution in [3.05, 3.63) is 77.1 Å². The molecule has 1 heterocycles. The molecule has 3 rings (SSSR count). The molecule has 0 aliphatic rings. The van der Waals surface area contributed by atoms with E-state index in [2.05, 4.69) is 10.6 Å². The average molecular weight is 477 g/mol. The Morgan fingerprint density at radius 3 is 2.35 bits per heavy atom. The van der Waals surface area contributed by atoms with Crippen LogP contribution in [0.25, 0.3) is 0 Å². The number of carboxylic acids is 1. The molecule has 0 aliphatic heterocycles. The molecule has 1 aromatic heterocycles. The molecule has 11 heteroatoms. The monoisotopic (exact) mass is 477 g/mol. The zero-order valence-corrected chi connectivity index (χ0v) is 18.5. The minimum absolute atomic E-state index is 0.0499. The molecular weight excluding hydrogens is 455 g/mol. The summed E-state index contributed by atoms with van der Waals surface area (Å²) in [5.41, 5.74) is 1.39. The molecule has 2 aromatic carbocycles. The summed E-state index contributed by atoms with van der Waals surface area (Å²) >= 11 is 0. The predicted molar refractivity (Wildman–Crippen MR) is 114 cm³/mol. The van der Waals surface area contributed by atoms with Crippen molar-refractivity contribution in [2.24, 2.45) is 0 Å². The number of halogens is 3. The van der Waals surface area contributed by atoms with Gasteiger partial charge in [-0.1, -0.05) is 18.2 Å². The smallest absolute Gasteiger partial charge is 0.416 e. The zero-order valence-electron chi connectivity index (χ0n) is 18.5. The molecule has 0 fully saturated rings. The Morgan fingerprint density at radius 2 is 1.76 bits per heavy atom. The lowest BCUT2D eigenvalue weighted by Gasteiger charge is -2.22. The molecule has 1 amide bonds. The van der Waals surface area contributed by atoms with Gasteiger partial charge >= 0.3 is 12.1 Å². The van der Waals surface area contributed by atoms with Crippen LogP contribution in [0.15, 0.2) is 54.7 Å². The molecule has 2 N–H and O–H groups in total. The van der Waals surface area contributed by atoms with Gasteiger partial charge in [0.2, 0.25) is 0 Å². The third-order valence-electron chi connectivity index (χ3n) is 4.58. The van der Waals surface area contributed by atoms with Crippen LogP contribution in [0, 0.1) is 0 Å². The molecule has 0 bridgehead atoms. The van der Waals surface area contributed by atoms with Gasteiger partial charge < -0.3 is 9.84 Å². The molecule has 3 aromatic rings. The minimum Gasteiger partial charge on any atom is -0.478 e. The molecule has 0 spiro atoms. The van der Waals surface area contributed by atoms with Crippen LogP contribution in [-0.2, 0) is 23.2 Å². The van der Waals surface area contributed by atoms with Gasteiger partial charge in [0.15, 0.2) is 11.4 Å². The number of alkyl halides is 3. The number of rotatable bonds is 7. The molecule has 34 heavy (non-hydrogen) atoms. The molecule has 0 unspecified atom stereocenters. The number of amides is 1. The maximum atomic E-state index is 13.0. The molecule has 0 atom stereocenters. The normalized spacial score (nSPS) is 11.8. The fourth-order valence-corrected chi connectivity index (χ4v) is 2.96. The van der Waals surface area contributed by atoms with Crippen LogP contribution in [0.1, 0.15) is 52.7 Å². The summed E-state index contributed by atoms with van der Waals surface area (Å²) in [7, 11) is 0. The van der Waals surface area contributed by atoms with Crippen molar-refractivity contribution in [3.63, 3.8) is 0 Å². The van der Waals surface area contributed by atoms with E-state index in [4.69, 9.17) is 14.7 Å². The Hall–Kier alpha value is -3.86. The number of aromatic nitrogens is 2. The first kappa shape index (κ1) is 24.8. The van der Waals surface area contributed by atoms with E-state index >= 15 is 0 Å². The lowest BCUT2D eigenvalue weighted by molar-refractivity contribution is -0.137. The highest BCUT2D eigenvalue weighted by Gasteiger charge is 2.31. The Labute approximate surface area is 192 Å². The van der Waals surface area contributed by atoms with Crippen molar-refractivity contribution in [2.75, 3.05) is 0 Å². The van der Waals surface area contributed by atoms with Crippen LogP contribution >= 0.6 is 0 Å². The standard InChI is InChI=1S/C23H22F3N3O5/c1-22(2,3)29-19(20(30)28-33-13-14-7-9-15(10-8-14)21(31)32)18(12-27-29)34-17-6-4-5-16(11-17)23(24,25)26/h4-12H,13H2,1-3H3,(H,28,30)(H,31,32). The second-order valence-corrected chi connectivity index (χ2v) is 8.29. The van der Waals surface area contributed by atoms with Gasteiger partial charge in [-0.2, -0.15) is 18.3 Å². The topological polar surface area (TPSA) is 103 Å². The van der Waals surface area contributed by atoms with Gasteiger partial charge in [0.25, 0.3) is 5.91 Å². The van der Waals surface area contributed by atoms with Crippen molar-refractivity contribution in [2.45, 2.75) is 39.1 Å². The highest BCUT2D eigenvalue weighted by atomic mass is 19.4. The fourth-order valence-electron chi connectivity index (χ4n) is 2.96. The van der Waals surface area contributed by atoms with Gasteiger partial charge in [0.05, 0.1) is 29.5 Å². The van der Waals surface area contributed by atoms with Crippen LogP contribution < -0.4 is 10.2 Å². The lowest BCUT2D eigenvalue weighted by atomic mass is 10.1. The van der Waals surface area contributed by atoms with Crippen molar-refractivity contribution in [1.82, 2.24) is 15.3 Å². The number of carboxylic acid groups (broad SMARTS) is 1. The molecule has 0 radical (unpaired) electrons. The predicted octanol–water partition coefficient (Wildman–Crippen LogP) is 5.01. The zero-order chi connectivity index (χ0) is 25.1. The number of nitrogens with one attached hydrogen (secondary N) is 1. The van der Waals surface area contributed by atoms with Crippen LogP contribution in [0.4, 0.5) is 13.2 Å². The van der Waals surface area contributed by atoms with Crippen LogP contribution in [0.5, 0.6) is 11.5 Å². The quantitative estimate of drug-likeness (QED) is 0.464. The second-order valence-electron chi connectivity index (χ2n) is 8.29. The largest absolute Gasteiger partial charge is 0.478 e. The Bertz CT molecular complexity index is 1180. The SMILES string of the molecule is CC(C)(C)n1ncc(Oc2cccc(C(F)(F)F)c2)c1C(=O)NOCc1ccc(C(=O)O)cc1. The molecule has 0 saturated heterocycles. The van der Waals surface area contributed by atoms with E-state index in [9.17, 15) is 22.8 Å². The molecule has 8 nitrogen and oxygen atoms in total. The number of benzene rings is 2.